The zero-order valence-corrected chi connectivity index (χ0v) is 15.4. The first kappa shape index (κ1) is 17.8. The van der Waals surface area contributed by atoms with Crippen molar-refractivity contribution in [2.45, 2.75) is 53.0 Å². The highest BCUT2D eigenvalue weighted by Crippen LogP contribution is 2.20. The monoisotopic (exact) mass is 334 g/mol. The molecule has 0 bridgehead atoms. The minimum absolute atomic E-state index is 0.0165. The molecule has 0 saturated heterocycles. The van der Waals surface area contributed by atoms with Crippen LogP contribution < -0.4 is 4.72 Å². The van der Waals surface area contributed by atoms with Crippen LogP contribution in [0, 0.1) is 20.8 Å². The lowest BCUT2D eigenvalue weighted by molar-refractivity contribution is 0.570. The van der Waals surface area contributed by atoms with Gasteiger partial charge in [-0.25, -0.2) is 13.1 Å². The van der Waals surface area contributed by atoms with Gasteiger partial charge in [0.2, 0.25) is 10.0 Å². The lowest BCUT2D eigenvalue weighted by atomic mass is 10.1. The predicted molar refractivity (Wildman–Crippen MR) is 94.9 cm³/mol. The molecule has 1 aromatic carbocycles. The van der Waals surface area contributed by atoms with Crippen LogP contribution in [0.25, 0.3) is 0 Å². The first-order valence-corrected chi connectivity index (χ1v) is 9.55. The van der Waals surface area contributed by atoms with Crippen LogP contribution in [0.3, 0.4) is 0 Å². The van der Waals surface area contributed by atoms with Crippen molar-refractivity contribution in [3.05, 3.63) is 58.4 Å². The van der Waals surface area contributed by atoms with Gasteiger partial charge in [0, 0.05) is 24.0 Å². The summed E-state index contributed by atoms with van der Waals surface area (Å²) in [5.74, 6) is 0.0165. The Morgan fingerprint density at radius 2 is 1.74 bits per heavy atom. The molecule has 5 heteroatoms. The van der Waals surface area contributed by atoms with Crippen molar-refractivity contribution >= 4 is 10.0 Å². The Morgan fingerprint density at radius 3 is 2.30 bits per heavy atom. The van der Waals surface area contributed by atoms with Crippen LogP contribution in [0.5, 0.6) is 0 Å². The molecule has 0 aliphatic heterocycles. The first-order valence-electron chi connectivity index (χ1n) is 7.90. The molecular weight excluding hydrogens is 308 g/mol. The summed E-state index contributed by atoms with van der Waals surface area (Å²) in [6.45, 7) is 10.6. The lowest BCUT2D eigenvalue weighted by Gasteiger charge is -2.14. The molecule has 126 valence electrons. The van der Waals surface area contributed by atoms with E-state index < -0.39 is 10.0 Å². The van der Waals surface area contributed by atoms with E-state index in [1.807, 2.05) is 38.1 Å². The van der Waals surface area contributed by atoms with Crippen LogP contribution in [0.2, 0.25) is 0 Å². The van der Waals surface area contributed by atoms with Crippen LogP contribution in [-0.2, 0) is 22.3 Å². The number of nitrogens with zero attached hydrogens (tertiary/aromatic N) is 1. The summed E-state index contributed by atoms with van der Waals surface area (Å²) in [7, 11) is -3.36. The zero-order chi connectivity index (χ0) is 17.2. The quantitative estimate of drug-likeness (QED) is 0.877. The number of rotatable bonds is 6. The highest BCUT2D eigenvalue weighted by atomic mass is 32.2. The Labute approximate surface area is 139 Å². The van der Waals surface area contributed by atoms with Gasteiger partial charge in [0.25, 0.3) is 0 Å². The van der Waals surface area contributed by atoms with Crippen molar-refractivity contribution in [2.75, 3.05) is 0 Å². The third-order valence-corrected chi connectivity index (χ3v) is 5.47. The molecule has 0 amide bonds. The van der Waals surface area contributed by atoms with Crippen molar-refractivity contribution in [1.82, 2.24) is 9.29 Å². The molecule has 1 N–H and O–H groups in total. The Balaban J connectivity index is 2.11. The maximum atomic E-state index is 12.3. The molecule has 0 radical (unpaired) electrons. The Bertz CT molecular complexity index is 789. The van der Waals surface area contributed by atoms with E-state index in [1.165, 1.54) is 0 Å². The number of hydrogen-bond donors (Lipinski definition) is 1. The first-order chi connectivity index (χ1) is 10.7. The van der Waals surface area contributed by atoms with Gasteiger partial charge in [-0.3, -0.25) is 0 Å². The number of aryl methyl sites for hydroxylation is 2. The van der Waals surface area contributed by atoms with E-state index in [9.17, 15) is 8.42 Å². The van der Waals surface area contributed by atoms with Crippen LogP contribution >= 0.6 is 0 Å². The normalized spacial score (nSPS) is 12.1. The molecule has 23 heavy (non-hydrogen) atoms. The van der Waals surface area contributed by atoms with Crippen LogP contribution in [0.15, 0.2) is 30.3 Å². The fourth-order valence-electron chi connectivity index (χ4n) is 3.03. The summed E-state index contributed by atoms with van der Waals surface area (Å²) in [6.07, 6.45) is 0. The molecule has 0 saturated carbocycles. The number of sulfonamides is 1. The van der Waals surface area contributed by atoms with Crippen LogP contribution in [0.1, 0.15) is 48.0 Å². The predicted octanol–water partition coefficient (Wildman–Crippen LogP) is 3.61. The minimum Gasteiger partial charge on any atom is -0.346 e. The molecule has 0 spiro atoms. The molecule has 0 fully saturated rings. The van der Waals surface area contributed by atoms with E-state index in [1.54, 1.807) is 0 Å². The molecule has 0 unspecified atom stereocenters. The second-order valence-corrected chi connectivity index (χ2v) is 8.17. The van der Waals surface area contributed by atoms with Crippen molar-refractivity contribution in [1.29, 1.82) is 0 Å². The van der Waals surface area contributed by atoms with Gasteiger partial charge in [0.15, 0.2) is 0 Å². The van der Waals surface area contributed by atoms with E-state index in [2.05, 4.69) is 36.1 Å². The van der Waals surface area contributed by atoms with Gasteiger partial charge in [0.05, 0.1) is 5.75 Å². The second-order valence-electron chi connectivity index (χ2n) is 6.37. The lowest BCUT2D eigenvalue weighted by Crippen LogP contribution is -2.25. The van der Waals surface area contributed by atoms with Gasteiger partial charge in [-0.05, 0) is 57.4 Å². The molecule has 2 aromatic rings. The van der Waals surface area contributed by atoms with Gasteiger partial charge in [0.1, 0.15) is 0 Å². The standard InChI is InChI=1S/C18H26N2O2S/c1-13(2)20-15(4)10-18(16(20)5)11-19-23(21,22)12-17-9-7-6-8-14(17)3/h6-10,13,19H,11-12H2,1-5H3. The van der Waals surface area contributed by atoms with Gasteiger partial charge in [-0.2, -0.15) is 0 Å². The highest BCUT2D eigenvalue weighted by molar-refractivity contribution is 7.88. The van der Waals surface area contributed by atoms with Gasteiger partial charge in [-0.1, -0.05) is 24.3 Å². The molecular formula is C18H26N2O2S. The highest BCUT2D eigenvalue weighted by Gasteiger charge is 2.16. The molecule has 2 rings (SSSR count). The summed E-state index contributed by atoms with van der Waals surface area (Å²) < 4.78 is 29.6. The van der Waals surface area contributed by atoms with E-state index in [4.69, 9.17) is 0 Å². The summed E-state index contributed by atoms with van der Waals surface area (Å²) in [5.41, 5.74) is 5.15. The third kappa shape index (κ3) is 4.24. The van der Waals surface area contributed by atoms with Gasteiger partial charge in [-0.15, -0.1) is 0 Å². The average molecular weight is 334 g/mol. The zero-order valence-electron chi connectivity index (χ0n) is 14.6. The smallest absolute Gasteiger partial charge is 0.216 e. The minimum atomic E-state index is -3.36. The van der Waals surface area contributed by atoms with Crippen LogP contribution in [0.4, 0.5) is 0 Å². The molecule has 0 aliphatic carbocycles. The maximum Gasteiger partial charge on any atom is 0.216 e. The van der Waals surface area contributed by atoms with Crippen molar-refractivity contribution < 1.29 is 8.42 Å². The van der Waals surface area contributed by atoms with Gasteiger partial charge < -0.3 is 4.57 Å². The Morgan fingerprint density at radius 1 is 1.09 bits per heavy atom. The molecule has 0 atom stereocenters. The number of nitrogens with one attached hydrogen (secondary N) is 1. The van der Waals surface area contributed by atoms with Gasteiger partial charge >= 0.3 is 0 Å². The van der Waals surface area contributed by atoms with E-state index in [0.29, 0.717) is 12.6 Å². The molecule has 1 heterocycles. The van der Waals surface area contributed by atoms with Crippen LogP contribution in [-0.4, -0.2) is 13.0 Å². The topological polar surface area (TPSA) is 51.1 Å². The number of hydrogen-bond acceptors (Lipinski definition) is 2. The fraction of sp³-hybridized carbons (Fsp3) is 0.444. The molecule has 4 nitrogen and oxygen atoms in total. The summed E-state index contributed by atoms with van der Waals surface area (Å²) >= 11 is 0. The van der Waals surface area contributed by atoms with Crippen molar-refractivity contribution in [3.8, 4) is 0 Å². The van der Waals surface area contributed by atoms with Crippen molar-refractivity contribution in [3.63, 3.8) is 0 Å². The van der Waals surface area contributed by atoms with Crippen molar-refractivity contribution in [2.24, 2.45) is 0 Å². The van der Waals surface area contributed by atoms with E-state index in [0.717, 1.165) is 28.1 Å². The average Bonchev–Trinajstić information content (AvgIpc) is 2.73. The Hall–Kier alpha value is -1.59. The Kier molecular flexibility index (Phi) is 5.32. The summed E-state index contributed by atoms with van der Waals surface area (Å²) in [5, 5.41) is 0. The van der Waals surface area contributed by atoms with E-state index in [-0.39, 0.29) is 5.75 Å². The molecule has 1 aromatic heterocycles. The number of aromatic nitrogens is 1. The number of benzene rings is 1. The largest absolute Gasteiger partial charge is 0.346 e. The maximum absolute atomic E-state index is 12.3. The summed E-state index contributed by atoms with van der Waals surface area (Å²) in [6, 6.07) is 10.0. The second kappa shape index (κ2) is 6.89. The SMILES string of the molecule is Cc1ccccc1CS(=O)(=O)NCc1cc(C)n(C(C)C)c1C. The summed E-state index contributed by atoms with van der Waals surface area (Å²) in [4.78, 5) is 0. The fourth-order valence-corrected chi connectivity index (χ4v) is 4.25. The van der Waals surface area contributed by atoms with E-state index >= 15 is 0 Å². The third-order valence-electron chi connectivity index (χ3n) is 4.19. The molecule has 0 aliphatic rings.